The summed E-state index contributed by atoms with van der Waals surface area (Å²) in [5.74, 6) is 1.97. The first-order chi connectivity index (χ1) is 15.1. The molecule has 2 aromatic carbocycles. The number of aromatic nitrogens is 2. The molecule has 5 rings (SSSR count). The summed E-state index contributed by atoms with van der Waals surface area (Å²) in [5, 5.41) is 10.1. The van der Waals surface area contributed by atoms with Crippen LogP contribution < -0.4 is 4.90 Å². The number of rotatable bonds is 3. The zero-order valence-corrected chi connectivity index (χ0v) is 18.5. The lowest BCUT2D eigenvalue weighted by Gasteiger charge is -2.35. The lowest BCUT2D eigenvalue weighted by atomic mass is 9.94. The predicted molar refractivity (Wildman–Crippen MR) is 127 cm³/mol. The van der Waals surface area contributed by atoms with E-state index in [0.29, 0.717) is 5.56 Å². The van der Waals surface area contributed by atoms with Gasteiger partial charge >= 0.3 is 0 Å². The van der Waals surface area contributed by atoms with Gasteiger partial charge in [-0.1, -0.05) is 48.9 Å². The smallest absolute Gasteiger partial charge is 0.157 e. The molecule has 0 radical (unpaired) electrons. The van der Waals surface area contributed by atoms with Gasteiger partial charge in [0.15, 0.2) is 5.65 Å². The van der Waals surface area contributed by atoms with Crippen LogP contribution in [0.5, 0.6) is 0 Å². The molecule has 1 saturated heterocycles. The molecular weight excluding hydrogens is 380 g/mol. The fraction of sp³-hybridized carbons (Fsp3) is 0.333. The monoisotopic (exact) mass is 408 g/mol. The summed E-state index contributed by atoms with van der Waals surface area (Å²) < 4.78 is 2.25. The van der Waals surface area contributed by atoms with Crippen molar-refractivity contribution in [3.63, 3.8) is 0 Å². The van der Waals surface area contributed by atoms with E-state index in [1.807, 2.05) is 12.1 Å². The summed E-state index contributed by atoms with van der Waals surface area (Å²) in [6.45, 7) is 8.63. The van der Waals surface area contributed by atoms with E-state index in [1.54, 1.807) is 0 Å². The predicted octanol–water partition coefficient (Wildman–Crippen LogP) is 5.80. The number of nitriles is 1. The summed E-state index contributed by atoms with van der Waals surface area (Å²) in [7, 11) is 0. The maximum absolute atomic E-state index is 10.1. The Morgan fingerprint density at radius 2 is 1.74 bits per heavy atom. The Kier molecular flexibility index (Phi) is 4.90. The van der Waals surface area contributed by atoms with Crippen LogP contribution in [0.25, 0.3) is 16.7 Å². The quantitative estimate of drug-likeness (QED) is 0.430. The summed E-state index contributed by atoms with van der Waals surface area (Å²) >= 11 is 0. The number of anilines is 1. The highest BCUT2D eigenvalue weighted by Crippen LogP contribution is 2.36. The van der Waals surface area contributed by atoms with Crippen molar-refractivity contribution in [2.45, 2.75) is 40.0 Å². The van der Waals surface area contributed by atoms with Gasteiger partial charge in [0.1, 0.15) is 11.9 Å². The molecule has 0 amide bonds. The standard InChI is InChI=1S/C27H28N4/c1-18-8-10-21(11-9-18)16-22-20(3)23(17-28)26-29-24-6-4-5-7-25(24)31(26)27(22)30-14-12-19(2)13-15-30/h4-11,19H,12-16H2,1-3H3. The molecule has 31 heavy (non-hydrogen) atoms. The fourth-order valence-electron chi connectivity index (χ4n) is 4.84. The number of para-hydroxylation sites is 2. The maximum Gasteiger partial charge on any atom is 0.157 e. The number of hydrogen-bond donors (Lipinski definition) is 0. The van der Waals surface area contributed by atoms with E-state index < -0.39 is 0 Å². The Hall–Kier alpha value is -3.32. The van der Waals surface area contributed by atoms with Crippen LogP contribution in [0.3, 0.4) is 0 Å². The first-order valence-corrected chi connectivity index (χ1v) is 11.2. The molecule has 156 valence electrons. The molecule has 0 spiro atoms. The average molecular weight is 409 g/mol. The van der Waals surface area contributed by atoms with E-state index in [4.69, 9.17) is 4.98 Å². The van der Waals surface area contributed by atoms with Crippen molar-refractivity contribution in [2.24, 2.45) is 5.92 Å². The molecule has 1 aliphatic rings. The minimum atomic E-state index is 0.687. The minimum Gasteiger partial charge on any atom is -0.357 e. The zero-order valence-electron chi connectivity index (χ0n) is 18.5. The third-order valence-electron chi connectivity index (χ3n) is 6.79. The number of benzene rings is 2. The normalized spacial score (nSPS) is 15.0. The van der Waals surface area contributed by atoms with E-state index in [1.165, 1.54) is 35.3 Å². The largest absolute Gasteiger partial charge is 0.357 e. The van der Waals surface area contributed by atoms with Gasteiger partial charge in [0.25, 0.3) is 0 Å². The topological polar surface area (TPSA) is 44.3 Å². The van der Waals surface area contributed by atoms with Crippen molar-refractivity contribution in [3.05, 3.63) is 76.3 Å². The van der Waals surface area contributed by atoms with Crippen LogP contribution in [0.15, 0.2) is 48.5 Å². The first-order valence-electron chi connectivity index (χ1n) is 11.2. The molecule has 4 nitrogen and oxygen atoms in total. The molecule has 0 saturated carbocycles. The lowest BCUT2D eigenvalue weighted by Crippen LogP contribution is -2.35. The summed E-state index contributed by atoms with van der Waals surface area (Å²) in [6, 6.07) is 19.5. The maximum atomic E-state index is 10.1. The van der Waals surface area contributed by atoms with Crippen molar-refractivity contribution >= 4 is 22.5 Å². The second-order valence-corrected chi connectivity index (χ2v) is 9.01. The number of hydrogen-bond acceptors (Lipinski definition) is 3. The molecule has 2 aromatic heterocycles. The second kappa shape index (κ2) is 7.74. The van der Waals surface area contributed by atoms with Crippen LogP contribution in [-0.2, 0) is 6.42 Å². The third-order valence-corrected chi connectivity index (χ3v) is 6.79. The number of nitrogens with zero attached hydrogens (tertiary/aromatic N) is 4. The summed E-state index contributed by atoms with van der Waals surface area (Å²) in [4.78, 5) is 7.42. The average Bonchev–Trinajstić information content (AvgIpc) is 3.15. The molecule has 0 unspecified atom stereocenters. The number of imidazole rings is 1. The van der Waals surface area contributed by atoms with Crippen molar-refractivity contribution in [3.8, 4) is 6.07 Å². The van der Waals surface area contributed by atoms with Crippen molar-refractivity contribution < 1.29 is 0 Å². The van der Waals surface area contributed by atoms with E-state index >= 15 is 0 Å². The number of aryl methyl sites for hydroxylation is 1. The number of pyridine rings is 1. The SMILES string of the molecule is Cc1ccc(Cc2c(C)c(C#N)c3nc4ccccc4n3c2N2CCC(C)CC2)cc1. The van der Waals surface area contributed by atoms with Crippen molar-refractivity contribution in [2.75, 3.05) is 18.0 Å². The van der Waals surface area contributed by atoms with Crippen LogP contribution in [-0.4, -0.2) is 22.5 Å². The molecule has 4 heteroatoms. The Labute approximate surface area is 183 Å². The summed E-state index contributed by atoms with van der Waals surface area (Å²) in [6.07, 6.45) is 3.19. The van der Waals surface area contributed by atoms with Crippen molar-refractivity contribution in [1.82, 2.24) is 9.38 Å². The molecule has 0 atom stereocenters. The molecule has 4 aromatic rings. The van der Waals surface area contributed by atoms with Gasteiger partial charge in [0, 0.05) is 25.1 Å². The number of fused-ring (bicyclic) bond motifs is 3. The van der Waals surface area contributed by atoms with Gasteiger partial charge in [-0.05, 0) is 55.9 Å². The number of piperidine rings is 1. The van der Waals surface area contributed by atoms with Crippen LogP contribution >= 0.6 is 0 Å². The zero-order chi connectivity index (χ0) is 21.5. The first kappa shape index (κ1) is 19.6. The van der Waals surface area contributed by atoms with Gasteiger partial charge in [-0.25, -0.2) is 4.98 Å². The van der Waals surface area contributed by atoms with Gasteiger partial charge < -0.3 is 4.90 Å². The van der Waals surface area contributed by atoms with E-state index in [-0.39, 0.29) is 0 Å². The highest BCUT2D eigenvalue weighted by atomic mass is 15.2. The van der Waals surface area contributed by atoms with Crippen LogP contribution in [0.2, 0.25) is 0 Å². The molecule has 0 bridgehead atoms. The van der Waals surface area contributed by atoms with Crippen LogP contribution in [0.1, 0.15) is 47.6 Å². The van der Waals surface area contributed by atoms with Crippen LogP contribution in [0.4, 0.5) is 5.82 Å². The Morgan fingerprint density at radius 3 is 2.45 bits per heavy atom. The highest BCUT2D eigenvalue weighted by Gasteiger charge is 2.26. The molecular formula is C27H28N4. The van der Waals surface area contributed by atoms with Gasteiger partial charge in [0.05, 0.1) is 16.6 Å². The minimum absolute atomic E-state index is 0.687. The highest BCUT2D eigenvalue weighted by molar-refractivity contribution is 5.86. The van der Waals surface area contributed by atoms with Crippen LogP contribution in [0, 0.1) is 31.1 Å². The lowest BCUT2D eigenvalue weighted by molar-refractivity contribution is 0.435. The molecule has 0 aliphatic carbocycles. The molecule has 1 fully saturated rings. The van der Waals surface area contributed by atoms with E-state index in [2.05, 4.69) is 72.5 Å². The van der Waals surface area contributed by atoms with E-state index in [0.717, 1.165) is 47.7 Å². The van der Waals surface area contributed by atoms with Gasteiger partial charge in [-0.2, -0.15) is 5.26 Å². The molecule has 0 N–H and O–H groups in total. The Bertz CT molecular complexity index is 1300. The molecule has 1 aliphatic heterocycles. The second-order valence-electron chi connectivity index (χ2n) is 9.01. The van der Waals surface area contributed by atoms with E-state index in [9.17, 15) is 5.26 Å². The third kappa shape index (κ3) is 3.35. The fourth-order valence-corrected chi connectivity index (χ4v) is 4.84. The van der Waals surface area contributed by atoms with Gasteiger partial charge in [-0.3, -0.25) is 4.40 Å². The summed E-state index contributed by atoms with van der Waals surface area (Å²) in [5.41, 5.74) is 8.32. The van der Waals surface area contributed by atoms with Gasteiger partial charge in [0.2, 0.25) is 0 Å². The molecule has 3 heterocycles. The Balaban J connectivity index is 1.81. The van der Waals surface area contributed by atoms with Gasteiger partial charge in [-0.15, -0.1) is 0 Å². The van der Waals surface area contributed by atoms with Crippen molar-refractivity contribution in [1.29, 1.82) is 5.26 Å². The Morgan fingerprint density at radius 1 is 1.03 bits per heavy atom.